The third-order valence-electron chi connectivity index (χ3n) is 15.1. The Morgan fingerprint density at radius 1 is 0.884 bits per heavy atom. The first kappa shape index (κ1) is 55.7. The van der Waals surface area contributed by atoms with E-state index in [9.17, 15) is 34.2 Å². The molecule has 3 aliphatic heterocycles. The van der Waals surface area contributed by atoms with E-state index in [1.807, 2.05) is 58.1 Å². The average molecular weight is 966 g/mol. The summed E-state index contributed by atoms with van der Waals surface area (Å²) in [7, 11) is 4.61. The lowest BCUT2D eigenvalue weighted by atomic mass is 9.77. The number of amides is 1. The summed E-state index contributed by atoms with van der Waals surface area (Å²) in [6.07, 6.45) is 13.7. The minimum absolute atomic E-state index is 0.0168. The van der Waals surface area contributed by atoms with Crippen LogP contribution in [0.15, 0.2) is 53.9 Å². The van der Waals surface area contributed by atoms with Gasteiger partial charge in [-0.25, -0.2) is 4.79 Å². The van der Waals surface area contributed by atoms with Crippen LogP contribution in [0.4, 0.5) is 0 Å². The number of ether oxygens (including phenoxy) is 5. The first-order valence-electron chi connectivity index (χ1n) is 25.0. The van der Waals surface area contributed by atoms with Gasteiger partial charge in [0.1, 0.15) is 30.1 Å². The van der Waals surface area contributed by atoms with Gasteiger partial charge in [0.2, 0.25) is 5.79 Å². The number of methoxy groups -OCH3 is 3. The van der Waals surface area contributed by atoms with Crippen LogP contribution in [-0.4, -0.2) is 141 Å². The summed E-state index contributed by atoms with van der Waals surface area (Å²) in [5.74, 6) is -7.94. The van der Waals surface area contributed by atoms with Crippen molar-refractivity contribution in [2.24, 2.45) is 35.5 Å². The maximum Gasteiger partial charge on any atom is 0.329 e. The second kappa shape index (κ2) is 25.7. The quantitative estimate of drug-likeness (QED) is 0.181. The second-order valence-corrected chi connectivity index (χ2v) is 20.3. The van der Waals surface area contributed by atoms with Crippen LogP contribution in [0.3, 0.4) is 0 Å². The van der Waals surface area contributed by atoms with Crippen LogP contribution < -0.4 is 0 Å². The maximum absolute atomic E-state index is 14.5. The zero-order chi connectivity index (χ0) is 50.6. The Kier molecular flexibility index (Phi) is 20.8. The third-order valence-corrected chi connectivity index (χ3v) is 15.1. The average Bonchev–Trinajstić information content (AvgIpc) is 3.88. The highest BCUT2D eigenvalue weighted by Crippen LogP contribution is 2.39. The first-order chi connectivity index (χ1) is 32.8. The number of carbonyl (C=O) groups excluding carboxylic acids is 5. The topological polar surface area (TPSA) is 219 Å². The number of fused-ring (bicyclic) bond motifs is 3. The molecule has 1 saturated carbocycles. The van der Waals surface area contributed by atoms with Crippen LogP contribution in [0, 0.1) is 35.5 Å². The van der Waals surface area contributed by atoms with Crippen molar-refractivity contribution < 1.29 is 57.9 Å². The Morgan fingerprint density at radius 2 is 1.64 bits per heavy atom. The van der Waals surface area contributed by atoms with Crippen molar-refractivity contribution in [1.29, 1.82) is 0 Å². The molecule has 1 aliphatic carbocycles. The molecular formula is C52H79N5O12. The van der Waals surface area contributed by atoms with Crippen LogP contribution in [0.5, 0.6) is 0 Å². The molecule has 3 fully saturated rings. The number of cyclic esters (lactones) is 1. The monoisotopic (exact) mass is 966 g/mol. The number of allylic oxidation sites excluding steroid dienone is 6. The highest BCUT2D eigenvalue weighted by atomic mass is 16.6. The van der Waals surface area contributed by atoms with Crippen LogP contribution in [-0.2, 0) is 47.7 Å². The Labute approximate surface area is 408 Å². The van der Waals surface area contributed by atoms with Crippen molar-refractivity contribution in [3.63, 3.8) is 0 Å². The normalized spacial score (nSPS) is 38.8. The van der Waals surface area contributed by atoms with Gasteiger partial charge < -0.3 is 38.8 Å². The number of rotatable bonds is 7. The molecule has 0 spiro atoms. The molecular weight excluding hydrogens is 887 g/mol. The maximum atomic E-state index is 14.5. The van der Waals surface area contributed by atoms with Gasteiger partial charge >= 0.3 is 5.97 Å². The predicted octanol–water partition coefficient (Wildman–Crippen LogP) is 6.05. The summed E-state index contributed by atoms with van der Waals surface area (Å²) in [5.41, 5.74) is 1.27. The number of tetrazole rings is 1. The van der Waals surface area contributed by atoms with E-state index in [1.54, 1.807) is 45.9 Å². The summed E-state index contributed by atoms with van der Waals surface area (Å²) >= 11 is 0. The smallest absolute Gasteiger partial charge is 0.329 e. The number of aliphatic hydroxyl groups is 2. The molecule has 1 aromatic heterocycles. The van der Waals surface area contributed by atoms with Gasteiger partial charge in [0.25, 0.3) is 11.7 Å². The van der Waals surface area contributed by atoms with E-state index in [2.05, 4.69) is 15.4 Å². The fourth-order valence-electron chi connectivity index (χ4n) is 10.7. The van der Waals surface area contributed by atoms with E-state index in [-0.39, 0.29) is 60.9 Å². The lowest BCUT2D eigenvalue weighted by Gasteiger charge is -2.42. The molecule has 2 saturated heterocycles. The van der Waals surface area contributed by atoms with Crippen LogP contribution >= 0.6 is 0 Å². The lowest BCUT2D eigenvalue weighted by Crippen LogP contribution is -2.61. The summed E-state index contributed by atoms with van der Waals surface area (Å²) in [6.45, 7) is 12.8. The zero-order valence-corrected chi connectivity index (χ0v) is 42.5. The Bertz CT molecular complexity index is 2020. The molecule has 0 radical (unpaired) electrons. The molecule has 2 N–H and O–H groups in total. The van der Waals surface area contributed by atoms with Gasteiger partial charge in [0, 0.05) is 58.5 Å². The fraction of sp³-hybridized carbons (Fsp3) is 0.731. The van der Waals surface area contributed by atoms with Gasteiger partial charge in [0.15, 0.2) is 12.1 Å². The highest BCUT2D eigenvalue weighted by Gasteiger charge is 2.53. The number of nitrogens with zero attached hydrogens (tertiary/aromatic N) is 5. The van der Waals surface area contributed by atoms with Gasteiger partial charge in [-0.1, -0.05) is 71.1 Å². The number of Topliss-reactive ketones (excluding diaryl/α,β-unsaturated/α-hetero) is 3. The number of aliphatic hydroxyl groups excluding tert-OH is 1. The van der Waals surface area contributed by atoms with Gasteiger partial charge in [-0.3, -0.25) is 19.2 Å². The molecule has 4 heterocycles. The van der Waals surface area contributed by atoms with Crippen molar-refractivity contribution >= 4 is 29.2 Å². The van der Waals surface area contributed by atoms with Crippen molar-refractivity contribution in [3.05, 3.63) is 53.9 Å². The van der Waals surface area contributed by atoms with E-state index in [1.165, 1.54) is 18.3 Å². The van der Waals surface area contributed by atoms with E-state index in [0.717, 1.165) is 18.4 Å². The molecule has 2 bridgehead atoms. The fourth-order valence-corrected chi connectivity index (χ4v) is 10.7. The van der Waals surface area contributed by atoms with Crippen molar-refractivity contribution in [2.75, 3.05) is 27.9 Å². The molecule has 4 aliphatic rings. The van der Waals surface area contributed by atoms with Crippen molar-refractivity contribution in [2.45, 2.75) is 180 Å². The molecule has 1 aromatic rings. The summed E-state index contributed by atoms with van der Waals surface area (Å²) < 4.78 is 29.9. The minimum atomic E-state index is -2.43. The van der Waals surface area contributed by atoms with Gasteiger partial charge in [0.05, 0.1) is 24.4 Å². The molecule has 5 rings (SSSR count). The minimum Gasteiger partial charge on any atom is -0.460 e. The molecule has 69 heavy (non-hydrogen) atoms. The molecule has 384 valence electrons. The summed E-state index contributed by atoms with van der Waals surface area (Å²) in [6, 6.07) is -1.24. The number of aromatic nitrogens is 4. The number of carbonyl (C=O) groups is 5. The number of piperidine rings is 1. The SMILES string of the molecule is COC1CC(C[C@@H](C)[C@@H]2CC(=O)C(C)/C=C(\C)[C@@H](O)C(OC)C(=O)C(C)CC(C)/C=C/C=C/C=C(\C)[C@@H](OC)C[C@@H]3CCC(C)C(O)(O3)C(=O)C(=O)N3CCCCC3C(=O)O2)CCC1n1ncnn1. The van der Waals surface area contributed by atoms with Crippen LogP contribution in [0.1, 0.15) is 132 Å². The summed E-state index contributed by atoms with van der Waals surface area (Å²) in [5, 5.41) is 35.7. The van der Waals surface area contributed by atoms with Gasteiger partial charge in [-0.05, 0) is 112 Å². The van der Waals surface area contributed by atoms with Crippen molar-refractivity contribution in [1.82, 2.24) is 25.1 Å². The molecule has 10 unspecified atom stereocenters. The molecule has 15 atom stereocenters. The number of ketones is 3. The van der Waals surface area contributed by atoms with Gasteiger partial charge in [-0.2, -0.15) is 4.80 Å². The Morgan fingerprint density at radius 3 is 2.32 bits per heavy atom. The number of esters is 1. The third kappa shape index (κ3) is 14.2. The molecule has 17 heteroatoms. The van der Waals surface area contributed by atoms with E-state index >= 15 is 0 Å². The van der Waals surface area contributed by atoms with E-state index in [4.69, 9.17) is 23.7 Å². The highest BCUT2D eigenvalue weighted by molar-refractivity contribution is 6.39. The van der Waals surface area contributed by atoms with Crippen LogP contribution in [0.25, 0.3) is 0 Å². The van der Waals surface area contributed by atoms with E-state index in [0.29, 0.717) is 56.9 Å². The molecule has 1 amide bonds. The molecule has 0 aromatic carbocycles. The zero-order valence-electron chi connectivity index (χ0n) is 42.5. The predicted molar refractivity (Wildman–Crippen MR) is 256 cm³/mol. The number of hydrogen-bond acceptors (Lipinski definition) is 15. The number of hydrogen-bond donors (Lipinski definition) is 2. The van der Waals surface area contributed by atoms with Crippen LogP contribution in [0.2, 0.25) is 0 Å². The van der Waals surface area contributed by atoms with Crippen molar-refractivity contribution in [3.8, 4) is 0 Å². The Balaban J connectivity index is 1.46. The molecule has 17 nitrogen and oxygen atoms in total. The first-order valence-corrected chi connectivity index (χ1v) is 25.0. The second-order valence-electron chi connectivity index (χ2n) is 20.3. The Hall–Kier alpha value is -4.26. The lowest BCUT2D eigenvalue weighted by molar-refractivity contribution is -0.265. The standard InChI is InChI=1S/C52H79N5O12/c1-31-16-12-11-13-17-32(2)43(65-8)28-39-21-19-37(7)52(64,69-39)49(61)50(62)56-23-15-14-18-41(56)51(63)68-44(34(4)26-38-20-22-40(45(27-38)66-9)57-54-30-53-55-57)29-42(58)33(3)25-36(6)47(60)48(67-10)46(59)35(5)24-31/h11-13,16-17,25,30-31,33-35,37-41,43-45,47-48,60,64H,14-15,18-24,26-29H2,1-10H3/b13-11+,16-12+,32-17+,36-25+/t31?,33?,34-,35?,37?,38?,39+,40?,41?,43+,44+,45?,47-,48?,52?/m1/s1. The van der Waals surface area contributed by atoms with E-state index < -0.39 is 77.8 Å². The van der Waals surface area contributed by atoms with Gasteiger partial charge in [-0.15, -0.1) is 10.2 Å². The summed E-state index contributed by atoms with van der Waals surface area (Å²) in [4.78, 5) is 73.9. The largest absolute Gasteiger partial charge is 0.460 e.